The smallest absolute Gasteiger partial charge is 0.227 e. The molecule has 2 aromatic rings. The molecule has 1 saturated carbocycles. The fourth-order valence-electron chi connectivity index (χ4n) is 2.78. The van der Waals surface area contributed by atoms with Gasteiger partial charge in [-0.3, -0.25) is 4.79 Å². The van der Waals surface area contributed by atoms with Gasteiger partial charge >= 0.3 is 0 Å². The number of carbonyl (C=O) groups is 1. The van der Waals surface area contributed by atoms with Crippen molar-refractivity contribution in [3.63, 3.8) is 0 Å². The first-order valence-electron chi connectivity index (χ1n) is 7.37. The Labute approximate surface area is 124 Å². The zero-order chi connectivity index (χ0) is 14.7. The molecule has 1 amide bonds. The Hall–Kier alpha value is -2.14. The van der Waals surface area contributed by atoms with E-state index in [1.807, 2.05) is 35.0 Å². The van der Waals surface area contributed by atoms with Gasteiger partial charge in [0.05, 0.1) is 6.33 Å². The summed E-state index contributed by atoms with van der Waals surface area (Å²) in [5.74, 6) is 0.186. The van der Waals surface area contributed by atoms with Gasteiger partial charge < -0.3 is 15.6 Å². The molecule has 21 heavy (non-hydrogen) atoms. The monoisotopic (exact) mass is 284 g/mol. The number of carbonyl (C=O) groups excluding carboxylic acids is 1. The second-order valence-electron chi connectivity index (χ2n) is 5.62. The standard InChI is InChI=1S/C16H20N4O/c17-13-6-4-12(5-7-13)16(21)19-14-2-1-3-15(10-14)20-9-8-18-11-20/h1-3,8-13H,4-7,17H2,(H,19,21). The van der Waals surface area contributed by atoms with Crippen LogP contribution in [0.15, 0.2) is 43.0 Å². The Bertz CT molecular complexity index is 600. The van der Waals surface area contributed by atoms with Crippen molar-refractivity contribution in [3.05, 3.63) is 43.0 Å². The van der Waals surface area contributed by atoms with Crippen molar-refractivity contribution in [3.8, 4) is 5.69 Å². The van der Waals surface area contributed by atoms with E-state index in [4.69, 9.17) is 5.73 Å². The number of hydrogen-bond donors (Lipinski definition) is 2. The number of imidazole rings is 1. The molecule has 1 aliphatic rings. The van der Waals surface area contributed by atoms with E-state index in [1.165, 1.54) is 0 Å². The summed E-state index contributed by atoms with van der Waals surface area (Å²) in [6, 6.07) is 8.04. The predicted molar refractivity (Wildman–Crippen MR) is 82.1 cm³/mol. The third-order valence-corrected chi connectivity index (χ3v) is 4.06. The van der Waals surface area contributed by atoms with Crippen molar-refractivity contribution < 1.29 is 4.79 Å². The topological polar surface area (TPSA) is 72.9 Å². The summed E-state index contributed by atoms with van der Waals surface area (Å²) in [5.41, 5.74) is 7.69. The molecule has 3 N–H and O–H groups in total. The third kappa shape index (κ3) is 3.31. The van der Waals surface area contributed by atoms with Crippen LogP contribution in [0.4, 0.5) is 5.69 Å². The van der Waals surface area contributed by atoms with Crippen molar-refractivity contribution >= 4 is 11.6 Å². The molecule has 5 nitrogen and oxygen atoms in total. The Kier molecular flexibility index (Phi) is 4.01. The van der Waals surface area contributed by atoms with Crippen LogP contribution >= 0.6 is 0 Å². The second-order valence-corrected chi connectivity index (χ2v) is 5.62. The number of nitrogens with one attached hydrogen (secondary N) is 1. The van der Waals surface area contributed by atoms with Crippen LogP contribution in [0.3, 0.4) is 0 Å². The molecular weight excluding hydrogens is 264 g/mol. The molecule has 0 aliphatic heterocycles. The molecule has 1 aliphatic carbocycles. The normalized spacial score (nSPS) is 22.0. The third-order valence-electron chi connectivity index (χ3n) is 4.06. The van der Waals surface area contributed by atoms with E-state index in [0.717, 1.165) is 37.1 Å². The summed E-state index contributed by atoms with van der Waals surface area (Å²) >= 11 is 0. The molecule has 3 rings (SSSR count). The maximum atomic E-state index is 12.3. The molecule has 0 saturated heterocycles. The second kappa shape index (κ2) is 6.10. The molecule has 0 unspecified atom stereocenters. The summed E-state index contributed by atoms with van der Waals surface area (Å²) in [6.07, 6.45) is 8.99. The zero-order valence-electron chi connectivity index (χ0n) is 11.9. The molecule has 1 heterocycles. The first kappa shape index (κ1) is 13.8. The zero-order valence-corrected chi connectivity index (χ0v) is 11.9. The summed E-state index contributed by atoms with van der Waals surface area (Å²) in [5, 5.41) is 3.02. The highest BCUT2D eigenvalue weighted by Gasteiger charge is 2.24. The van der Waals surface area contributed by atoms with Crippen LogP contribution in [-0.2, 0) is 4.79 Å². The molecule has 110 valence electrons. The molecule has 1 aromatic heterocycles. The van der Waals surface area contributed by atoms with Crippen LogP contribution in [0, 0.1) is 5.92 Å². The van der Waals surface area contributed by atoms with E-state index >= 15 is 0 Å². The number of rotatable bonds is 3. The number of anilines is 1. The lowest BCUT2D eigenvalue weighted by molar-refractivity contribution is -0.120. The predicted octanol–water partition coefficient (Wildman–Crippen LogP) is 2.33. The van der Waals surface area contributed by atoms with Gasteiger partial charge in [0.1, 0.15) is 0 Å². The van der Waals surface area contributed by atoms with Crippen molar-refractivity contribution in [2.75, 3.05) is 5.32 Å². The molecule has 0 radical (unpaired) electrons. The van der Waals surface area contributed by atoms with Crippen LogP contribution in [0.2, 0.25) is 0 Å². The van der Waals surface area contributed by atoms with E-state index in [0.29, 0.717) is 0 Å². The summed E-state index contributed by atoms with van der Waals surface area (Å²) < 4.78 is 1.91. The maximum absolute atomic E-state index is 12.3. The Balaban J connectivity index is 1.67. The number of nitrogens with two attached hydrogens (primary N) is 1. The first-order valence-corrected chi connectivity index (χ1v) is 7.37. The Morgan fingerprint density at radius 1 is 1.29 bits per heavy atom. The van der Waals surface area contributed by atoms with E-state index in [1.54, 1.807) is 12.5 Å². The number of benzene rings is 1. The molecule has 0 bridgehead atoms. The number of amides is 1. The quantitative estimate of drug-likeness (QED) is 0.908. The fourth-order valence-corrected chi connectivity index (χ4v) is 2.78. The van der Waals surface area contributed by atoms with Crippen molar-refractivity contribution in [1.82, 2.24) is 9.55 Å². The molecule has 5 heteroatoms. The molecular formula is C16H20N4O. The average molecular weight is 284 g/mol. The van der Waals surface area contributed by atoms with E-state index in [2.05, 4.69) is 10.3 Å². The minimum Gasteiger partial charge on any atom is -0.328 e. The highest BCUT2D eigenvalue weighted by molar-refractivity contribution is 5.92. The van der Waals surface area contributed by atoms with Gasteiger partial charge in [-0.15, -0.1) is 0 Å². The summed E-state index contributed by atoms with van der Waals surface area (Å²) in [4.78, 5) is 16.3. The maximum Gasteiger partial charge on any atom is 0.227 e. The van der Waals surface area contributed by atoms with Crippen LogP contribution in [0.25, 0.3) is 5.69 Å². The average Bonchev–Trinajstić information content (AvgIpc) is 3.02. The van der Waals surface area contributed by atoms with Gasteiger partial charge in [0.2, 0.25) is 5.91 Å². The van der Waals surface area contributed by atoms with Gasteiger partial charge in [-0.25, -0.2) is 4.98 Å². The fraction of sp³-hybridized carbons (Fsp3) is 0.375. The van der Waals surface area contributed by atoms with Gasteiger partial charge in [-0.2, -0.15) is 0 Å². The van der Waals surface area contributed by atoms with Gasteiger partial charge in [0, 0.05) is 35.7 Å². The lowest BCUT2D eigenvalue weighted by atomic mass is 9.86. The minimum atomic E-state index is 0.0849. The molecule has 1 aromatic carbocycles. The van der Waals surface area contributed by atoms with E-state index in [9.17, 15) is 4.79 Å². The molecule has 0 spiro atoms. The number of nitrogens with zero attached hydrogens (tertiary/aromatic N) is 2. The van der Waals surface area contributed by atoms with E-state index in [-0.39, 0.29) is 17.9 Å². The van der Waals surface area contributed by atoms with Gasteiger partial charge in [-0.1, -0.05) is 6.07 Å². The summed E-state index contributed by atoms with van der Waals surface area (Å²) in [6.45, 7) is 0. The van der Waals surface area contributed by atoms with Crippen LogP contribution in [-0.4, -0.2) is 21.5 Å². The van der Waals surface area contributed by atoms with Gasteiger partial charge in [-0.05, 0) is 43.9 Å². The van der Waals surface area contributed by atoms with Crippen molar-refractivity contribution in [2.24, 2.45) is 11.7 Å². The first-order chi connectivity index (χ1) is 10.2. The van der Waals surface area contributed by atoms with Crippen LogP contribution in [0.5, 0.6) is 0 Å². The Morgan fingerprint density at radius 2 is 2.10 bits per heavy atom. The Morgan fingerprint density at radius 3 is 2.81 bits per heavy atom. The lowest BCUT2D eigenvalue weighted by Crippen LogP contribution is -2.32. The van der Waals surface area contributed by atoms with Crippen molar-refractivity contribution in [2.45, 2.75) is 31.7 Å². The van der Waals surface area contributed by atoms with Crippen molar-refractivity contribution in [1.29, 1.82) is 0 Å². The molecule has 0 atom stereocenters. The van der Waals surface area contributed by atoms with E-state index < -0.39 is 0 Å². The summed E-state index contributed by atoms with van der Waals surface area (Å²) in [7, 11) is 0. The van der Waals surface area contributed by atoms with Gasteiger partial charge in [0.15, 0.2) is 0 Å². The van der Waals surface area contributed by atoms with Gasteiger partial charge in [0.25, 0.3) is 0 Å². The lowest BCUT2D eigenvalue weighted by Gasteiger charge is -2.25. The van der Waals surface area contributed by atoms with Crippen LogP contribution in [0.1, 0.15) is 25.7 Å². The number of hydrogen-bond acceptors (Lipinski definition) is 3. The molecule has 1 fully saturated rings. The largest absolute Gasteiger partial charge is 0.328 e. The highest BCUT2D eigenvalue weighted by Crippen LogP contribution is 2.25. The highest BCUT2D eigenvalue weighted by atomic mass is 16.1. The number of aromatic nitrogens is 2. The SMILES string of the molecule is NC1CCC(C(=O)Nc2cccc(-n3ccnc3)c2)CC1. The minimum absolute atomic E-state index is 0.0849. The van der Waals surface area contributed by atoms with Crippen LogP contribution < -0.4 is 11.1 Å².